The molecule has 0 aliphatic heterocycles. The maximum Gasteiger partial charge on any atom is 0.152 e. The van der Waals surface area contributed by atoms with Crippen LogP contribution in [0.2, 0.25) is 0 Å². The fraction of sp³-hybridized carbons (Fsp3) is 0.500. The Bertz CT molecular complexity index is 193. The zero-order valence-corrected chi connectivity index (χ0v) is 7.23. The van der Waals surface area contributed by atoms with E-state index < -0.39 is 9.84 Å². The average Bonchev–Trinajstić information content (AvgIpc) is 1.61. The molecule has 0 heterocycles. The molecule has 0 aliphatic rings. The SMILES string of the molecule is C=CC(C)=O.CS(C)(=O)=O. The summed E-state index contributed by atoms with van der Waals surface area (Å²) in [5, 5.41) is 0. The number of hydrogen-bond acceptors (Lipinski definition) is 3. The van der Waals surface area contributed by atoms with Gasteiger partial charge in [-0.15, -0.1) is 0 Å². The first-order chi connectivity index (χ1) is 4.27. The summed E-state index contributed by atoms with van der Waals surface area (Å²) in [5.74, 6) is 0.0185. The van der Waals surface area contributed by atoms with Crippen molar-refractivity contribution in [1.29, 1.82) is 0 Å². The van der Waals surface area contributed by atoms with Gasteiger partial charge in [0.05, 0.1) is 0 Å². The number of carbonyl (C=O) groups excluding carboxylic acids is 1. The van der Waals surface area contributed by atoms with E-state index in [0.29, 0.717) is 0 Å². The molecule has 0 saturated heterocycles. The standard InChI is InChI=1S/C4H6O.C2H6O2S/c1-3-4(2)5;1-5(2,3)4/h3H,1H2,2H3;1-2H3. The van der Waals surface area contributed by atoms with Gasteiger partial charge in [-0.05, 0) is 13.0 Å². The van der Waals surface area contributed by atoms with Crippen LogP contribution in [0.1, 0.15) is 6.92 Å². The van der Waals surface area contributed by atoms with Crippen molar-refractivity contribution in [3.8, 4) is 0 Å². The summed E-state index contributed by atoms with van der Waals surface area (Å²) in [4.78, 5) is 9.69. The van der Waals surface area contributed by atoms with E-state index >= 15 is 0 Å². The molecule has 0 aromatic rings. The molecule has 0 radical (unpaired) electrons. The molecule has 10 heavy (non-hydrogen) atoms. The van der Waals surface area contributed by atoms with Gasteiger partial charge >= 0.3 is 0 Å². The zero-order valence-electron chi connectivity index (χ0n) is 6.42. The molecule has 0 saturated carbocycles. The van der Waals surface area contributed by atoms with Crippen LogP contribution in [0.3, 0.4) is 0 Å². The van der Waals surface area contributed by atoms with Crippen LogP contribution in [-0.2, 0) is 14.6 Å². The second-order valence-electron chi connectivity index (χ2n) is 1.96. The Morgan fingerprint density at radius 3 is 1.50 bits per heavy atom. The number of carbonyl (C=O) groups is 1. The third-order valence-corrected chi connectivity index (χ3v) is 0.287. The van der Waals surface area contributed by atoms with Gasteiger partial charge in [0.15, 0.2) is 5.78 Å². The molecule has 0 atom stereocenters. The van der Waals surface area contributed by atoms with Gasteiger partial charge in [-0.25, -0.2) is 8.42 Å². The Morgan fingerprint density at radius 1 is 1.40 bits per heavy atom. The summed E-state index contributed by atoms with van der Waals surface area (Å²) in [6.45, 7) is 4.68. The van der Waals surface area contributed by atoms with E-state index in [9.17, 15) is 13.2 Å². The second-order valence-corrected chi connectivity index (χ2v) is 4.24. The maximum atomic E-state index is 9.69. The lowest BCUT2D eigenvalue weighted by Crippen LogP contribution is -1.86. The largest absolute Gasteiger partial charge is 0.295 e. The summed E-state index contributed by atoms with van der Waals surface area (Å²) in [6, 6.07) is 0. The molecule has 0 rings (SSSR count). The van der Waals surface area contributed by atoms with Crippen molar-refractivity contribution in [3.63, 3.8) is 0 Å². The van der Waals surface area contributed by atoms with Crippen molar-refractivity contribution in [1.82, 2.24) is 0 Å². The quantitative estimate of drug-likeness (QED) is 0.528. The van der Waals surface area contributed by atoms with E-state index in [1.165, 1.54) is 13.0 Å². The van der Waals surface area contributed by atoms with Gasteiger partial charge in [-0.3, -0.25) is 4.79 Å². The van der Waals surface area contributed by atoms with Crippen LogP contribution in [0.5, 0.6) is 0 Å². The molecule has 0 bridgehead atoms. The van der Waals surface area contributed by atoms with E-state index in [1.54, 1.807) is 0 Å². The van der Waals surface area contributed by atoms with Crippen LogP contribution < -0.4 is 0 Å². The van der Waals surface area contributed by atoms with Crippen molar-refractivity contribution < 1.29 is 13.2 Å². The highest BCUT2D eigenvalue weighted by Gasteiger charge is 1.79. The Hall–Kier alpha value is -0.640. The fourth-order valence-corrected chi connectivity index (χ4v) is 0. The highest BCUT2D eigenvalue weighted by atomic mass is 32.2. The summed E-state index contributed by atoms with van der Waals surface area (Å²) in [5.41, 5.74) is 0. The van der Waals surface area contributed by atoms with Gasteiger partial charge in [-0.1, -0.05) is 6.58 Å². The van der Waals surface area contributed by atoms with Crippen LogP contribution in [0.15, 0.2) is 12.7 Å². The van der Waals surface area contributed by atoms with Crippen LogP contribution in [0, 0.1) is 0 Å². The minimum atomic E-state index is -2.67. The summed E-state index contributed by atoms with van der Waals surface area (Å²) in [7, 11) is -2.67. The first kappa shape index (κ1) is 12.1. The lowest BCUT2D eigenvalue weighted by Gasteiger charge is -1.69. The lowest BCUT2D eigenvalue weighted by atomic mass is 10.5. The smallest absolute Gasteiger partial charge is 0.152 e. The van der Waals surface area contributed by atoms with Crippen LogP contribution in [0.4, 0.5) is 0 Å². The molecular formula is C6H12O3S. The van der Waals surface area contributed by atoms with E-state index in [4.69, 9.17) is 0 Å². The normalized spacial score (nSPS) is 9.10. The molecule has 4 heteroatoms. The molecule has 3 nitrogen and oxygen atoms in total. The molecule has 0 unspecified atom stereocenters. The number of ketones is 1. The average molecular weight is 164 g/mol. The van der Waals surface area contributed by atoms with Crippen LogP contribution in [-0.4, -0.2) is 26.7 Å². The highest BCUT2D eigenvalue weighted by molar-refractivity contribution is 7.89. The van der Waals surface area contributed by atoms with Gasteiger partial charge in [-0.2, -0.15) is 0 Å². The Balaban J connectivity index is 0. The molecule has 0 amide bonds. The summed E-state index contributed by atoms with van der Waals surface area (Å²) >= 11 is 0. The van der Waals surface area contributed by atoms with Crippen LogP contribution in [0.25, 0.3) is 0 Å². The Morgan fingerprint density at radius 2 is 1.50 bits per heavy atom. The van der Waals surface area contributed by atoms with Gasteiger partial charge in [0.1, 0.15) is 9.84 Å². The van der Waals surface area contributed by atoms with Gasteiger partial charge in [0.25, 0.3) is 0 Å². The number of sulfone groups is 1. The molecule has 0 aromatic heterocycles. The third-order valence-electron chi connectivity index (χ3n) is 0.287. The monoisotopic (exact) mass is 164 g/mol. The number of allylic oxidation sites excluding steroid dienone is 1. The van der Waals surface area contributed by atoms with Crippen molar-refractivity contribution in [2.75, 3.05) is 12.5 Å². The molecule has 0 fully saturated rings. The first-order valence-electron chi connectivity index (χ1n) is 2.55. The molecule has 0 aromatic carbocycles. The predicted molar refractivity (Wildman–Crippen MR) is 41.6 cm³/mol. The summed E-state index contributed by atoms with van der Waals surface area (Å²) < 4.78 is 19.3. The second kappa shape index (κ2) is 5.17. The van der Waals surface area contributed by atoms with Crippen LogP contribution >= 0.6 is 0 Å². The predicted octanol–water partition coefficient (Wildman–Crippen LogP) is 0.422. The van der Waals surface area contributed by atoms with Crippen molar-refractivity contribution in [2.45, 2.75) is 6.92 Å². The minimum absolute atomic E-state index is 0.0185. The molecule has 0 spiro atoms. The highest BCUT2D eigenvalue weighted by Crippen LogP contribution is 1.62. The van der Waals surface area contributed by atoms with E-state index in [-0.39, 0.29) is 5.78 Å². The molecule has 0 N–H and O–H groups in total. The number of rotatable bonds is 1. The third kappa shape index (κ3) is 161. The van der Waals surface area contributed by atoms with E-state index in [0.717, 1.165) is 12.5 Å². The molecule has 0 aliphatic carbocycles. The number of hydrogen-bond donors (Lipinski definition) is 0. The molecule has 60 valence electrons. The van der Waals surface area contributed by atoms with E-state index in [1.807, 2.05) is 0 Å². The summed E-state index contributed by atoms with van der Waals surface area (Å²) in [6.07, 6.45) is 3.60. The minimum Gasteiger partial charge on any atom is -0.295 e. The van der Waals surface area contributed by atoms with Crippen molar-refractivity contribution in [3.05, 3.63) is 12.7 Å². The van der Waals surface area contributed by atoms with Crippen molar-refractivity contribution >= 4 is 15.6 Å². The topological polar surface area (TPSA) is 51.2 Å². The van der Waals surface area contributed by atoms with E-state index in [2.05, 4.69) is 6.58 Å². The Labute approximate surface area is 61.7 Å². The van der Waals surface area contributed by atoms with Gasteiger partial charge in [0, 0.05) is 12.5 Å². The first-order valence-corrected chi connectivity index (χ1v) is 4.85. The lowest BCUT2D eigenvalue weighted by molar-refractivity contribution is -0.112. The van der Waals surface area contributed by atoms with Gasteiger partial charge in [0.2, 0.25) is 0 Å². The fourth-order valence-electron chi connectivity index (χ4n) is 0. The molecular weight excluding hydrogens is 152 g/mol. The van der Waals surface area contributed by atoms with Crippen molar-refractivity contribution in [2.24, 2.45) is 0 Å². The zero-order chi connectivity index (χ0) is 8.78. The maximum absolute atomic E-state index is 9.69. The Kier molecular flexibility index (Phi) is 6.24. The van der Waals surface area contributed by atoms with Gasteiger partial charge < -0.3 is 0 Å².